The molecule has 1 aliphatic rings. The molecule has 5 heteroatoms. The summed E-state index contributed by atoms with van der Waals surface area (Å²) in [5.74, 6) is -0.00844. The van der Waals surface area contributed by atoms with E-state index in [-0.39, 0.29) is 23.6 Å². The van der Waals surface area contributed by atoms with Gasteiger partial charge in [-0.15, -0.1) is 0 Å². The summed E-state index contributed by atoms with van der Waals surface area (Å²) >= 11 is 0. The number of carbonyl (C=O) groups excluding carboxylic acids is 1. The monoisotopic (exact) mass is 296 g/mol. The van der Waals surface area contributed by atoms with Crippen LogP contribution in [0.25, 0.3) is 0 Å². The minimum atomic E-state index is -1.38. The van der Waals surface area contributed by atoms with Crippen LogP contribution in [0.1, 0.15) is 20.8 Å². The summed E-state index contributed by atoms with van der Waals surface area (Å²) in [6.45, 7) is 13.2. The van der Waals surface area contributed by atoms with Crippen molar-refractivity contribution in [3.63, 3.8) is 0 Å². The summed E-state index contributed by atoms with van der Waals surface area (Å²) in [5.41, 5.74) is -0.233. The maximum Gasteiger partial charge on any atom is 0.249 e. The van der Waals surface area contributed by atoms with Crippen LogP contribution in [-0.4, -0.2) is 44.5 Å². The number of hydrogen-bond donors (Lipinski definition) is 1. The molecule has 1 rings (SSSR count). The first kappa shape index (κ1) is 17.1. The second-order valence-corrected chi connectivity index (χ2v) is 13.1. The van der Waals surface area contributed by atoms with Crippen LogP contribution in [0.15, 0.2) is 17.1 Å². The maximum absolute atomic E-state index is 12.4. The fourth-order valence-electron chi connectivity index (χ4n) is 1.93. The van der Waals surface area contributed by atoms with Crippen LogP contribution in [0.5, 0.6) is 0 Å². The summed E-state index contributed by atoms with van der Waals surface area (Å²) in [5, 5.41) is 3.02. The van der Waals surface area contributed by atoms with Gasteiger partial charge in [-0.1, -0.05) is 25.7 Å². The molecule has 0 aromatic carbocycles. The number of allylic oxidation sites excluding steroid dienone is 1. The SMILES string of the molecule is CC(C)(C)NC(=O)C(C[Si](C)(C)C)OCC1C=CC=N1. The Bertz CT molecular complexity index is 380. The van der Waals surface area contributed by atoms with E-state index in [1.165, 1.54) is 0 Å². The smallest absolute Gasteiger partial charge is 0.249 e. The highest BCUT2D eigenvalue weighted by Crippen LogP contribution is 2.16. The molecule has 1 amide bonds. The van der Waals surface area contributed by atoms with Crippen molar-refractivity contribution in [3.8, 4) is 0 Å². The molecule has 0 fully saturated rings. The number of rotatable bonds is 6. The van der Waals surface area contributed by atoms with Crippen molar-refractivity contribution >= 4 is 20.2 Å². The van der Waals surface area contributed by atoms with Gasteiger partial charge in [0.15, 0.2) is 0 Å². The molecule has 1 heterocycles. The van der Waals surface area contributed by atoms with E-state index in [2.05, 4.69) is 30.0 Å². The van der Waals surface area contributed by atoms with Gasteiger partial charge in [-0.2, -0.15) is 0 Å². The highest BCUT2D eigenvalue weighted by Gasteiger charge is 2.29. The van der Waals surface area contributed by atoms with Crippen molar-refractivity contribution in [3.05, 3.63) is 12.2 Å². The van der Waals surface area contributed by atoms with Crippen molar-refractivity contribution in [1.29, 1.82) is 0 Å². The van der Waals surface area contributed by atoms with Gasteiger partial charge in [0.2, 0.25) is 5.91 Å². The molecular weight excluding hydrogens is 268 g/mol. The Kier molecular flexibility index (Phi) is 5.71. The molecule has 0 bridgehead atoms. The van der Waals surface area contributed by atoms with Gasteiger partial charge in [0, 0.05) is 19.8 Å². The zero-order valence-electron chi connectivity index (χ0n) is 13.6. The number of amides is 1. The molecule has 0 saturated carbocycles. The van der Waals surface area contributed by atoms with Crippen LogP contribution in [0.2, 0.25) is 25.7 Å². The molecule has 4 nitrogen and oxygen atoms in total. The van der Waals surface area contributed by atoms with Crippen molar-refractivity contribution in [1.82, 2.24) is 5.32 Å². The van der Waals surface area contributed by atoms with Crippen LogP contribution in [0, 0.1) is 0 Å². The van der Waals surface area contributed by atoms with Gasteiger partial charge in [0.1, 0.15) is 6.10 Å². The van der Waals surface area contributed by atoms with Gasteiger partial charge in [-0.25, -0.2) is 0 Å². The molecule has 2 atom stereocenters. The van der Waals surface area contributed by atoms with Crippen LogP contribution >= 0.6 is 0 Å². The third-order valence-corrected chi connectivity index (χ3v) is 4.35. The molecule has 0 aliphatic carbocycles. The molecule has 2 unspecified atom stereocenters. The lowest BCUT2D eigenvalue weighted by atomic mass is 10.1. The van der Waals surface area contributed by atoms with Gasteiger partial charge < -0.3 is 10.1 Å². The first-order valence-corrected chi connectivity index (χ1v) is 10.9. The van der Waals surface area contributed by atoms with Crippen LogP contribution in [-0.2, 0) is 9.53 Å². The predicted octanol–water partition coefficient (Wildman–Crippen LogP) is 2.63. The van der Waals surface area contributed by atoms with E-state index in [4.69, 9.17) is 4.74 Å². The molecule has 0 radical (unpaired) electrons. The molecule has 0 saturated heterocycles. The standard InChI is InChI=1S/C15H28N2O2Si/c1-15(2,3)17-14(18)13(11-20(4,5)6)19-10-12-8-7-9-16-12/h7-9,12-13H,10-11H2,1-6H3,(H,17,18). The Labute approximate surface area is 123 Å². The van der Waals surface area contributed by atoms with Gasteiger partial charge in [-0.05, 0) is 32.9 Å². The quantitative estimate of drug-likeness (QED) is 0.766. The Balaban J connectivity index is 2.61. The zero-order chi connectivity index (χ0) is 15.4. The Morgan fingerprint density at radius 2 is 2.05 bits per heavy atom. The van der Waals surface area contributed by atoms with E-state index in [9.17, 15) is 4.79 Å². The number of hydrogen-bond acceptors (Lipinski definition) is 3. The van der Waals surface area contributed by atoms with E-state index in [0.717, 1.165) is 6.04 Å². The average Bonchev–Trinajstić information content (AvgIpc) is 2.72. The van der Waals surface area contributed by atoms with Crippen molar-refractivity contribution in [2.24, 2.45) is 4.99 Å². The number of nitrogens with zero attached hydrogens (tertiary/aromatic N) is 1. The number of ether oxygens (including phenoxy) is 1. The fraction of sp³-hybridized carbons (Fsp3) is 0.733. The highest BCUT2D eigenvalue weighted by atomic mass is 28.3. The maximum atomic E-state index is 12.4. The van der Waals surface area contributed by atoms with E-state index < -0.39 is 8.07 Å². The number of nitrogens with one attached hydrogen (secondary N) is 1. The summed E-state index contributed by atoms with van der Waals surface area (Å²) in [7, 11) is -1.38. The van der Waals surface area contributed by atoms with Crippen LogP contribution in [0.4, 0.5) is 0 Å². The molecule has 0 aromatic rings. The first-order valence-electron chi connectivity index (χ1n) is 7.20. The van der Waals surface area contributed by atoms with E-state index in [0.29, 0.717) is 6.61 Å². The van der Waals surface area contributed by atoms with Crippen molar-refractivity contribution in [2.75, 3.05) is 6.61 Å². The molecule has 114 valence electrons. The Hall–Kier alpha value is -0.943. The minimum absolute atomic E-state index is 0.00844. The summed E-state index contributed by atoms with van der Waals surface area (Å²) in [4.78, 5) is 16.6. The summed E-state index contributed by atoms with van der Waals surface area (Å²) < 4.78 is 5.87. The average molecular weight is 296 g/mol. The minimum Gasteiger partial charge on any atom is -0.366 e. The topological polar surface area (TPSA) is 50.7 Å². The third-order valence-electron chi connectivity index (χ3n) is 2.75. The van der Waals surface area contributed by atoms with E-state index in [1.807, 2.05) is 32.9 Å². The molecule has 0 aromatic heterocycles. The molecule has 20 heavy (non-hydrogen) atoms. The summed E-state index contributed by atoms with van der Waals surface area (Å²) in [6, 6.07) is 0.885. The first-order chi connectivity index (χ1) is 9.07. The number of carbonyl (C=O) groups is 1. The fourth-order valence-corrected chi connectivity index (χ4v) is 3.35. The molecule has 1 aliphatic heterocycles. The second-order valence-electron chi connectivity index (χ2n) is 7.58. The van der Waals surface area contributed by atoms with Crippen LogP contribution < -0.4 is 5.32 Å². The van der Waals surface area contributed by atoms with Gasteiger partial charge >= 0.3 is 0 Å². The second kappa shape index (κ2) is 6.67. The zero-order valence-corrected chi connectivity index (χ0v) is 14.6. The van der Waals surface area contributed by atoms with Gasteiger partial charge in [-0.3, -0.25) is 9.79 Å². The van der Waals surface area contributed by atoms with Gasteiger partial charge in [0.25, 0.3) is 0 Å². The largest absolute Gasteiger partial charge is 0.366 e. The normalized spacial score (nSPS) is 20.2. The van der Waals surface area contributed by atoms with E-state index >= 15 is 0 Å². The van der Waals surface area contributed by atoms with Crippen molar-refractivity contribution < 1.29 is 9.53 Å². The molecular formula is C15H28N2O2Si. The van der Waals surface area contributed by atoms with Crippen LogP contribution in [0.3, 0.4) is 0 Å². The third kappa shape index (κ3) is 7.00. The molecule has 0 spiro atoms. The highest BCUT2D eigenvalue weighted by molar-refractivity contribution is 6.76. The summed E-state index contributed by atoms with van der Waals surface area (Å²) in [6.07, 6.45) is 5.31. The predicted molar refractivity (Wildman–Crippen MR) is 87.2 cm³/mol. The van der Waals surface area contributed by atoms with E-state index in [1.54, 1.807) is 6.21 Å². The number of aliphatic imine (C=N–C) groups is 1. The van der Waals surface area contributed by atoms with Gasteiger partial charge in [0.05, 0.1) is 12.6 Å². The lowest BCUT2D eigenvalue weighted by molar-refractivity contribution is -0.133. The Morgan fingerprint density at radius 3 is 2.50 bits per heavy atom. The lowest BCUT2D eigenvalue weighted by Crippen LogP contribution is -2.48. The lowest BCUT2D eigenvalue weighted by Gasteiger charge is -2.28. The van der Waals surface area contributed by atoms with Crippen molar-refractivity contribution in [2.45, 2.75) is 64.1 Å². The Morgan fingerprint density at radius 1 is 1.40 bits per heavy atom. The molecule has 1 N–H and O–H groups in total.